The Labute approximate surface area is 180 Å². The van der Waals surface area contributed by atoms with E-state index in [4.69, 9.17) is 0 Å². The number of rotatable bonds is 6. The fraction of sp³-hybridized carbons (Fsp3) is 0.217. The van der Waals surface area contributed by atoms with Gasteiger partial charge in [-0.25, -0.2) is 9.48 Å². The number of carbonyl (C=O) groups excluding carboxylic acids is 3. The van der Waals surface area contributed by atoms with Crippen molar-refractivity contribution in [3.8, 4) is 5.69 Å². The van der Waals surface area contributed by atoms with Crippen LogP contribution in [0.3, 0.4) is 0 Å². The van der Waals surface area contributed by atoms with Gasteiger partial charge in [0.05, 0.1) is 11.9 Å². The van der Waals surface area contributed by atoms with E-state index in [0.29, 0.717) is 12.1 Å². The van der Waals surface area contributed by atoms with Crippen LogP contribution in [0.15, 0.2) is 73.1 Å². The van der Waals surface area contributed by atoms with E-state index in [1.54, 1.807) is 49.1 Å². The predicted molar refractivity (Wildman–Crippen MR) is 114 cm³/mol. The van der Waals surface area contributed by atoms with E-state index in [0.717, 1.165) is 16.2 Å². The molecule has 1 aliphatic rings. The van der Waals surface area contributed by atoms with Crippen molar-refractivity contribution in [3.05, 3.63) is 84.2 Å². The molecular formula is C23H23N5O3. The zero-order valence-electron chi connectivity index (χ0n) is 17.4. The summed E-state index contributed by atoms with van der Waals surface area (Å²) in [7, 11) is 1.64. The number of nitrogens with zero attached hydrogens (tertiary/aromatic N) is 4. The van der Waals surface area contributed by atoms with Crippen LogP contribution >= 0.6 is 0 Å². The van der Waals surface area contributed by atoms with Gasteiger partial charge in [-0.05, 0) is 24.6 Å². The Balaban J connectivity index is 1.42. The van der Waals surface area contributed by atoms with Crippen molar-refractivity contribution >= 4 is 17.8 Å². The summed E-state index contributed by atoms with van der Waals surface area (Å²) in [6.45, 7) is 1.64. The minimum atomic E-state index is -1.19. The fourth-order valence-electron chi connectivity index (χ4n) is 3.59. The lowest BCUT2D eigenvalue weighted by molar-refractivity contribution is -0.138. The van der Waals surface area contributed by atoms with Gasteiger partial charge in [-0.3, -0.25) is 14.5 Å². The molecular weight excluding hydrogens is 394 g/mol. The van der Waals surface area contributed by atoms with Crippen molar-refractivity contribution in [1.29, 1.82) is 0 Å². The molecule has 1 N–H and O–H groups in total. The molecule has 1 aliphatic heterocycles. The normalized spacial score (nSPS) is 18.2. The first-order chi connectivity index (χ1) is 14.9. The Morgan fingerprint density at radius 3 is 2.39 bits per heavy atom. The van der Waals surface area contributed by atoms with Crippen LogP contribution in [-0.2, 0) is 21.7 Å². The summed E-state index contributed by atoms with van der Waals surface area (Å²) in [5.41, 5.74) is 1.24. The number of hydrogen-bond acceptors (Lipinski definition) is 4. The molecule has 158 valence electrons. The topological polar surface area (TPSA) is 87.5 Å². The van der Waals surface area contributed by atoms with Crippen molar-refractivity contribution in [2.24, 2.45) is 0 Å². The number of hydrogen-bond donors (Lipinski definition) is 1. The molecule has 31 heavy (non-hydrogen) atoms. The predicted octanol–water partition coefficient (Wildman–Crippen LogP) is 2.30. The van der Waals surface area contributed by atoms with Gasteiger partial charge in [0.25, 0.3) is 5.91 Å². The molecule has 0 radical (unpaired) electrons. The number of nitrogens with one attached hydrogen (secondary N) is 1. The fourth-order valence-corrected chi connectivity index (χ4v) is 3.59. The van der Waals surface area contributed by atoms with Crippen LogP contribution in [0, 0.1) is 0 Å². The first-order valence-electron chi connectivity index (χ1n) is 9.91. The van der Waals surface area contributed by atoms with Crippen LogP contribution in [0.4, 0.5) is 4.79 Å². The summed E-state index contributed by atoms with van der Waals surface area (Å²) < 4.78 is 1.73. The Kier molecular flexibility index (Phi) is 5.29. The summed E-state index contributed by atoms with van der Waals surface area (Å²) in [5.74, 6) is -0.782. The summed E-state index contributed by atoms with van der Waals surface area (Å²) >= 11 is 0. The van der Waals surface area contributed by atoms with E-state index in [9.17, 15) is 14.4 Å². The van der Waals surface area contributed by atoms with Gasteiger partial charge < -0.3 is 10.2 Å². The van der Waals surface area contributed by atoms with Crippen LogP contribution in [0.2, 0.25) is 0 Å². The van der Waals surface area contributed by atoms with E-state index in [-0.39, 0.29) is 12.5 Å². The quantitative estimate of drug-likeness (QED) is 0.624. The average molecular weight is 417 g/mol. The lowest BCUT2D eigenvalue weighted by atomic mass is 9.92. The molecule has 0 spiro atoms. The van der Waals surface area contributed by atoms with Crippen molar-refractivity contribution in [1.82, 2.24) is 24.9 Å². The highest BCUT2D eigenvalue weighted by Crippen LogP contribution is 2.28. The lowest BCUT2D eigenvalue weighted by Gasteiger charge is -2.23. The molecule has 1 unspecified atom stereocenters. The minimum Gasteiger partial charge on any atom is -0.340 e. The largest absolute Gasteiger partial charge is 0.340 e. The number of para-hydroxylation sites is 1. The number of amides is 4. The average Bonchev–Trinajstić information content (AvgIpc) is 3.34. The Morgan fingerprint density at radius 1 is 1.06 bits per heavy atom. The Hall–Kier alpha value is -3.94. The zero-order valence-corrected chi connectivity index (χ0v) is 17.4. The second kappa shape index (κ2) is 8.06. The van der Waals surface area contributed by atoms with Gasteiger partial charge in [0, 0.05) is 25.4 Å². The smallest absolute Gasteiger partial charge is 0.325 e. The Bertz CT molecular complexity index is 1110. The van der Waals surface area contributed by atoms with Crippen molar-refractivity contribution in [2.45, 2.75) is 19.0 Å². The molecule has 1 saturated heterocycles. The molecule has 1 aromatic heterocycles. The molecule has 4 amide bonds. The van der Waals surface area contributed by atoms with Gasteiger partial charge in [-0.1, -0.05) is 48.5 Å². The highest BCUT2D eigenvalue weighted by atomic mass is 16.2. The third kappa shape index (κ3) is 3.92. The SMILES string of the molecule is CN(Cc1cnn(-c2ccccc2)c1)C(=O)CN1C(=O)NC(C)(c2ccccc2)C1=O. The number of urea groups is 1. The number of imide groups is 1. The number of carbonyl (C=O) groups is 3. The summed E-state index contributed by atoms with van der Waals surface area (Å²) in [4.78, 5) is 40.6. The first kappa shape index (κ1) is 20.3. The van der Waals surface area contributed by atoms with Crippen LogP contribution in [0.5, 0.6) is 0 Å². The molecule has 4 rings (SSSR count). The molecule has 2 aromatic carbocycles. The second-order valence-electron chi connectivity index (χ2n) is 7.69. The maximum Gasteiger partial charge on any atom is 0.325 e. The number of aromatic nitrogens is 2. The molecule has 8 heteroatoms. The van der Waals surface area contributed by atoms with Gasteiger partial charge in [-0.2, -0.15) is 5.10 Å². The number of likely N-dealkylation sites (N-methyl/N-ethyl adjacent to an activating group) is 1. The third-order valence-corrected chi connectivity index (χ3v) is 5.42. The maximum absolute atomic E-state index is 13.0. The minimum absolute atomic E-state index is 0.311. The monoisotopic (exact) mass is 417 g/mol. The van der Waals surface area contributed by atoms with Crippen molar-refractivity contribution in [3.63, 3.8) is 0 Å². The van der Waals surface area contributed by atoms with Crippen LogP contribution in [0.1, 0.15) is 18.1 Å². The number of benzene rings is 2. The lowest BCUT2D eigenvalue weighted by Crippen LogP contribution is -2.43. The standard InChI is InChI=1S/C23H23N5O3/c1-23(18-9-5-3-6-10-18)21(30)27(22(31)25-23)16-20(29)26(2)14-17-13-24-28(15-17)19-11-7-4-8-12-19/h3-13,15H,14,16H2,1-2H3,(H,25,31). The molecule has 0 aliphatic carbocycles. The molecule has 3 aromatic rings. The highest BCUT2D eigenvalue weighted by molar-refractivity contribution is 6.09. The van der Waals surface area contributed by atoms with E-state index >= 15 is 0 Å². The summed E-state index contributed by atoms with van der Waals surface area (Å²) in [6.07, 6.45) is 3.54. The van der Waals surface area contributed by atoms with Crippen LogP contribution < -0.4 is 5.32 Å². The van der Waals surface area contributed by atoms with Crippen molar-refractivity contribution < 1.29 is 14.4 Å². The van der Waals surface area contributed by atoms with Gasteiger partial charge >= 0.3 is 6.03 Å². The maximum atomic E-state index is 13.0. The van der Waals surface area contributed by atoms with E-state index in [1.807, 2.05) is 42.6 Å². The first-order valence-corrected chi connectivity index (χ1v) is 9.91. The molecule has 0 bridgehead atoms. The van der Waals surface area contributed by atoms with Gasteiger partial charge in [-0.15, -0.1) is 0 Å². The molecule has 1 fully saturated rings. The second-order valence-corrected chi connectivity index (χ2v) is 7.69. The third-order valence-electron chi connectivity index (χ3n) is 5.42. The summed E-state index contributed by atoms with van der Waals surface area (Å²) in [6, 6.07) is 18.1. The van der Waals surface area contributed by atoms with Gasteiger partial charge in [0.2, 0.25) is 5.91 Å². The van der Waals surface area contributed by atoms with Gasteiger partial charge in [0.1, 0.15) is 12.1 Å². The van der Waals surface area contributed by atoms with E-state index < -0.39 is 17.5 Å². The van der Waals surface area contributed by atoms with E-state index in [2.05, 4.69) is 10.4 Å². The highest BCUT2D eigenvalue weighted by Gasteiger charge is 2.49. The van der Waals surface area contributed by atoms with E-state index in [1.165, 1.54) is 4.90 Å². The van der Waals surface area contributed by atoms with Crippen LogP contribution in [0.25, 0.3) is 5.69 Å². The Morgan fingerprint density at radius 2 is 1.71 bits per heavy atom. The summed E-state index contributed by atoms with van der Waals surface area (Å²) in [5, 5.41) is 7.04. The van der Waals surface area contributed by atoms with Gasteiger partial charge in [0.15, 0.2) is 0 Å². The molecule has 0 saturated carbocycles. The molecule has 2 heterocycles. The van der Waals surface area contributed by atoms with Crippen molar-refractivity contribution in [2.75, 3.05) is 13.6 Å². The molecule has 8 nitrogen and oxygen atoms in total. The molecule has 1 atom stereocenters. The van der Waals surface area contributed by atoms with Crippen LogP contribution in [-0.4, -0.2) is 51.0 Å². The zero-order chi connectivity index (χ0) is 22.0.